The lowest BCUT2D eigenvalue weighted by molar-refractivity contribution is -0.145. The lowest BCUT2D eigenvalue weighted by Gasteiger charge is -2.29. The molecule has 0 heterocycles. The standard InChI is InChI=1S/C15H19NO5/c17-11-7-10(8-12(18)9-11)13(19)16-15(14(20)21)5-3-1-2-4-6-15/h7-9,17-18H,1-6H2,(H,16,19)(H,20,21). The normalized spacial score (nSPS) is 17.7. The molecule has 0 saturated heterocycles. The number of carbonyl (C=O) groups excluding carboxylic acids is 1. The Morgan fingerprint density at radius 2 is 1.48 bits per heavy atom. The second-order valence-electron chi connectivity index (χ2n) is 5.49. The molecule has 6 nitrogen and oxygen atoms in total. The quantitative estimate of drug-likeness (QED) is 0.638. The first-order valence-corrected chi connectivity index (χ1v) is 7.02. The maximum absolute atomic E-state index is 12.2. The predicted molar refractivity (Wildman–Crippen MR) is 75.3 cm³/mol. The van der Waals surface area contributed by atoms with Gasteiger partial charge in [0.15, 0.2) is 0 Å². The minimum absolute atomic E-state index is 0.0392. The van der Waals surface area contributed by atoms with E-state index < -0.39 is 17.4 Å². The Morgan fingerprint density at radius 3 is 1.95 bits per heavy atom. The van der Waals surface area contributed by atoms with Crippen molar-refractivity contribution >= 4 is 11.9 Å². The van der Waals surface area contributed by atoms with Crippen LogP contribution in [-0.4, -0.2) is 32.7 Å². The molecule has 0 aliphatic heterocycles. The summed E-state index contributed by atoms with van der Waals surface area (Å²) >= 11 is 0. The van der Waals surface area contributed by atoms with Crippen molar-refractivity contribution < 1.29 is 24.9 Å². The highest BCUT2D eigenvalue weighted by molar-refractivity contribution is 5.98. The third-order valence-electron chi connectivity index (χ3n) is 3.88. The van der Waals surface area contributed by atoms with Crippen molar-refractivity contribution in [2.24, 2.45) is 0 Å². The van der Waals surface area contributed by atoms with E-state index in [0.29, 0.717) is 12.8 Å². The fraction of sp³-hybridized carbons (Fsp3) is 0.467. The predicted octanol–water partition coefficient (Wildman–Crippen LogP) is 2.01. The smallest absolute Gasteiger partial charge is 0.329 e. The van der Waals surface area contributed by atoms with Gasteiger partial charge in [-0.3, -0.25) is 4.79 Å². The summed E-state index contributed by atoms with van der Waals surface area (Å²) in [6.07, 6.45) is 4.18. The summed E-state index contributed by atoms with van der Waals surface area (Å²) < 4.78 is 0. The molecule has 0 spiro atoms. The molecule has 1 fully saturated rings. The number of benzene rings is 1. The second kappa shape index (κ2) is 6.03. The second-order valence-corrected chi connectivity index (χ2v) is 5.49. The molecule has 0 radical (unpaired) electrons. The Labute approximate surface area is 122 Å². The highest BCUT2D eigenvalue weighted by atomic mass is 16.4. The molecule has 4 N–H and O–H groups in total. The van der Waals surface area contributed by atoms with Crippen LogP contribution in [0.3, 0.4) is 0 Å². The average Bonchev–Trinajstić information content (AvgIpc) is 2.64. The number of aliphatic carboxylic acids is 1. The Morgan fingerprint density at radius 1 is 0.952 bits per heavy atom. The van der Waals surface area contributed by atoms with Crippen molar-refractivity contribution in [2.45, 2.75) is 44.1 Å². The monoisotopic (exact) mass is 293 g/mol. The molecule has 21 heavy (non-hydrogen) atoms. The molecule has 0 bridgehead atoms. The van der Waals surface area contributed by atoms with E-state index >= 15 is 0 Å². The van der Waals surface area contributed by atoms with Gasteiger partial charge in [-0.25, -0.2) is 4.79 Å². The lowest BCUT2D eigenvalue weighted by Crippen LogP contribution is -2.54. The molecule has 1 aliphatic carbocycles. The van der Waals surface area contributed by atoms with Crippen molar-refractivity contribution in [3.05, 3.63) is 23.8 Å². The molecular formula is C15H19NO5. The molecular weight excluding hydrogens is 274 g/mol. The summed E-state index contributed by atoms with van der Waals surface area (Å²) in [4.78, 5) is 23.9. The number of rotatable bonds is 3. The van der Waals surface area contributed by atoms with Gasteiger partial charge in [0, 0.05) is 11.6 Å². The van der Waals surface area contributed by atoms with Gasteiger partial charge in [0.25, 0.3) is 5.91 Å². The maximum atomic E-state index is 12.2. The van der Waals surface area contributed by atoms with E-state index in [1.54, 1.807) is 0 Å². The van der Waals surface area contributed by atoms with E-state index in [9.17, 15) is 24.9 Å². The fourth-order valence-corrected chi connectivity index (χ4v) is 2.74. The van der Waals surface area contributed by atoms with E-state index in [-0.39, 0.29) is 17.1 Å². The Hall–Kier alpha value is -2.24. The van der Waals surface area contributed by atoms with Crippen LogP contribution in [0.1, 0.15) is 48.9 Å². The van der Waals surface area contributed by atoms with E-state index in [1.165, 1.54) is 12.1 Å². The van der Waals surface area contributed by atoms with Crippen LogP contribution in [0.2, 0.25) is 0 Å². The van der Waals surface area contributed by atoms with E-state index in [4.69, 9.17) is 0 Å². The van der Waals surface area contributed by atoms with E-state index in [2.05, 4.69) is 5.32 Å². The van der Waals surface area contributed by atoms with E-state index in [1.807, 2.05) is 0 Å². The zero-order chi connectivity index (χ0) is 15.5. The number of aromatic hydroxyl groups is 2. The minimum Gasteiger partial charge on any atom is -0.508 e. The van der Waals surface area contributed by atoms with Crippen LogP contribution in [0.5, 0.6) is 11.5 Å². The van der Waals surface area contributed by atoms with Gasteiger partial charge in [-0.05, 0) is 25.0 Å². The number of nitrogens with one attached hydrogen (secondary N) is 1. The third-order valence-corrected chi connectivity index (χ3v) is 3.88. The van der Waals surface area contributed by atoms with Gasteiger partial charge < -0.3 is 20.6 Å². The molecule has 2 rings (SSSR count). The summed E-state index contributed by atoms with van der Waals surface area (Å²) in [5, 5.41) is 30.9. The number of phenolic OH excluding ortho intramolecular Hbond substituents is 2. The number of hydrogen-bond acceptors (Lipinski definition) is 4. The van der Waals surface area contributed by atoms with Gasteiger partial charge in [0.2, 0.25) is 0 Å². The molecule has 1 aliphatic rings. The summed E-state index contributed by atoms with van der Waals surface area (Å²) in [7, 11) is 0. The first kappa shape index (κ1) is 15.2. The van der Waals surface area contributed by atoms with Gasteiger partial charge in [-0.15, -0.1) is 0 Å². The van der Waals surface area contributed by atoms with Crippen molar-refractivity contribution in [1.82, 2.24) is 5.32 Å². The molecule has 1 aromatic rings. The molecule has 0 atom stereocenters. The summed E-state index contributed by atoms with van der Waals surface area (Å²) in [6, 6.07) is 3.50. The van der Waals surface area contributed by atoms with Crippen molar-refractivity contribution in [3.63, 3.8) is 0 Å². The number of amides is 1. The van der Waals surface area contributed by atoms with Crippen LogP contribution in [-0.2, 0) is 4.79 Å². The zero-order valence-corrected chi connectivity index (χ0v) is 11.6. The topological polar surface area (TPSA) is 107 Å². The molecule has 1 amide bonds. The van der Waals surface area contributed by atoms with Crippen LogP contribution in [0.4, 0.5) is 0 Å². The van der Waals surface area contributed by atoms with Gasteiger partial charge in [-0.1, -0.05) is 25.7 Å². The van der Waals surface area contributed by atoms with Crippen LogP contribution in [0.25, 0.3) is 0 Å². The van der Waals surface area contributed by atoms with Crippen LogP contribution < -0.4 is 5.32 Å². The van der Waals surface area contributed by atoms with Gasteiger partial charge in [0.1, 0.15) is 17.0 Å². The van der Waals surface area contributed by atoms with Gasteiger partial charge in [0.05, 0.1) is 0 Å². The molecule has 6 heteroatoms. The molecule has 114 valence electrons. The number of hydrogen-bond donors (Lipinski definition) is 4. The number of phenols is 2. The molecule has 0 aromatic heterocycles. The van der Waals surface area contributed by atoms with Crippen LogP contribution in [0, 0.1) is 0 Å². The summed E-state index contributed by atoms with van der Waals surface area (Å²) in [5.74, 6) is -2.14. The highest BCUT2D eigenvalue weighted by Crippen LogP contribution is 2.28. The molecule has 1 aromatic carbocycles. The van der Waals surface area contributed by atoms with Crippen molar-refractivity contribution in [2.75, 3.05) is 0 Å². The minimum atomic E-state index is -1.27. The van der Waals surface area contributed by atoms with Crippen LogP contribution >= 0.6 is 0 Å². The first-order valence-electron chi connectivity index (χ1n) is 7.02. The Balaban J connectivity index is 2.23. The van der Waals surface area contributed by atoms with E-state index in [0.717, 1.165) is 31.7 Å². The molecule has 1 saturated carbocycles. The Bertz CT molecular complexity index is 527. The largest absolute Gasteiger partial charge is 0.508 e. The number of carboxylic acids is 1. The van der Waals surface area contributed by atoms with Crippen molar-refractivity contribution in [3.8, 4) is 11.5 Å². The highest BCUT2D eigenvalue weighted by Gasteiger charge is 2.40. The molecule has 0 unspecified atom stereocenters. The zero-order valence-electron chi connectivity index (χ0n) is 11.6. The third kappa shape index (κ3) is 3.45. The average molecular weight is 293 g/mol. The van der Waals surface area contributed by atoms with Gasteiger partial charge in [-0.2, -0.15) is 0 Å². The SMILES string of the molecule is O=C(NC1(C(=O)O)CCCCCC1)c1cc(O)cc(O)c1. The lowest BCUT2D eigenvalue weighted by atomic mass is 9.90. The number of carbonyl (C=O) groups is 2. The van der Waals surface area contributed by atoms with Gasteiger partial charge >= 0.3 is 5.97 Å². The summed E-state index contributed by atoms with van der Waals surface area (Å²) in [6.45, 7) is 0. The Kier molecular flexibility index (Phi) is 4.35. The fourth-order valence-electron chi connectivity index (χ4n) is 2.74. The first-order chi connectivity index (χ1) is 9.93. The number of carboxylic acid groups (broad SMARTS) is 1. The maximum Gasteiger partial charge on any atom is 0.329 e. The van der Waals surface area contributed by atoms with Crippen LogP contribution in [0.15, 0.2) is 18.2 Å². The summed E-state index contributed by atoms with van der Waals surface area (Å²) in [5.41, 5.74) is -1.23. The van der Waals surface area contributed by atoms with Crippen molar-refractivity contribution in [1.29, 1.82) is 0 Å².